The van der Waals surface area contributed by atoms with Crippen LogP contribution in [0.25, 0.3) is 0 Å². The molecule has 2 amide bonds. The first kappa shape index (κ1) is 16.2. The molecule has 1 N–H and O–H groups in total. The van der Waals surface area contributed by atoms with Crippen molar-refractivity contribution >= 4 is 11.8 Å². The van der Waals surface area contributed by atoms with Gasteiger partial charge in [0.15, 0.2) is 0 Å². The van der Waals surface area contributed by atoms with Gasteiger partial charge in [-0.2, -0.15) is 0 Å². The molecule has 5 heteroatoms. The lowest BCUT2D eigenvalue weighted by atomic mass is 10.0. The summed E-state index contributed by atoms with van der Waals surface area (Å²) in [6.45, 7) is 5.80. The molecule has 1 aliphatic rings. The second-order valence-corrected chi connectivity index (χ2v) is 5.67. The molecule has 1 fully saturated rings. The molecule has 1 aromatic rings. The number of amides is 2. The minimum absolute atomic E-state index is 0.0306. The number of likely N-dealkylation sites (tertiary alicyclic amines) is 1. The maximum atomic E-state index is 14.6. The summed E-state index contributed by atoms with van der Waals surface area (Å²) in [6.07, 6.45) is 1.82. The molecule has 4 nitrogen and oxygen atoms in total. The molecule has 1 unspecified atom stereocenters. The van der Waals surface area contributed by atoms with Crippen molar-refractivity contribution in [1.82, 2.24) is 10.2 Å². The van der Waals surface area contributed by atoms with E-state index < -0.39 is 11.6 Å². The third-order valence-electron chi connectivity index (χ3n) is 3.89. The van der Waals surface area contributed by atoms with Crippen LogP contribution in [-0.4, -0.2) is 42.0 Å². The molecule has 0 aliphatic carbocycles. The van der Waals surface area contributed by atoms with Crippen LogP contribution in [0.5, 0.6) is 0 Å². The average molecular weight is 304 g/mol. The lowest BCUT2D eigenvalue weighted by molar-refractivity contribution is -0.133. The van der Waals surface area contributed by atoms with Gasteiger partial charge in [0.25, 0.3) is 5.91 Å². The van der Waals surface area contributed by atoms with E-state index in [-0.39, 0.29) is 25.4 Å². The molecule has 118 valence electrons. The molecule has 2 rings (SSSR count). The monoisotopic (exact) mass is 304 g/mol. The van der Waals surface area contributed by atoms with E-state index in [9.17, 15) is 14.0 Å². The number of halogens is 1. The first-order valence-electron chi connectivity index (χ1n) is 7.39. The van der Waals surface area contributed by atoms with E-state index in [2.05, 4.69) is 11.9 Å². The van der Waals surface area contributed by atoms with Gasteiger partial charge in [0.1, 0.15) is 0 Å². The molecule has 0 radical (unpaired) electrons. The fourth-order valence-electron chi connectivity index (χ4n) is 2.62. The van der Waals surface area contributed by atoms with E-state index in [4.69, 9.17) is 0 Å². The predicted molar refractivity (Wildman–Crippen MR) is 83.1 cm³/mol. The summed E-state index contributed by atoms with van der Waals surface area (Å²) in [5.41, 5.74) is 0.258. The van der Waals surface area contributed by atoms with Gasteiger partial charge >= 0.3 is 0 Å². The molecular formula is C17H21FN2O2. The first-order chi connectivity index (χ1) is 10.4. The number of rotatable bonds is 5. The van der Waals surface area contributed by atoms with Crippen LogP contribution in [-0.2, 0) is 16.0 Å². The van der Waals surface area contributed by atoms with Gasteiger partial charge in [0.2, 0.25) is 11.6 Å². The fourth-order valence-corrected chi connectivity index (χ4v) is 2.62. The highest BCUT2D eigenvalue weighted by atomic mass is 19.1. The molecule has 1 saturated heterocycles. The van der Waals surface area contributed by atoms with Crippen LogP contribution in [0.3, 0.4) is 0 Å². The van der Waals surface area contributed by atoms with Gasteiger partial charge in [-0.05, 0) is 25.0 Å². The lowest BCUT2D eigenvalue weighted by Gasteiger charge is -2.19. The Morgan fingerprint density at radius 2 is 2.27 bits per heavy atom. The number of benzene rings is 1. The van der Waals surface area contributed by atoms with Gasteiger partial charge in [-0.25, -0.2) is 4.39 Å². The van der Waals surface area contributed by atoms with Crippen LogP contribution >= 0.6 is 0 Å². The van der Waals surface area contributed by atoms with Gasteiger partial charge in [-0.3, -0.25) is 9.59 Å². The highest BCUT2D eigenvalue weighted by Gasteiger charge is 2.45. The van der Waals surface area contributed by atoms with Crippen molar-refractivity contribution in [3.05, 3.63) is 48.0 Å². The number of carbonyl (C=O) groups excluding carboxylic acids is 2. The minimum atomic E-state index is -1.99. The average Bonchev–Trinajstić information content (AvgIpc) is 2.90. The Balaban J connectivity index is 1.84. The molecule has 1 aromatic carbocycles. The smallest absolute Gasteiger partial charge is 0.259 e. The first-order valence-corrected chi connectivity index (χ1v) is 7.39. The molecule has 1 atom stereocenters. The van der Waals surface area contributed by atoms with Gasteiger partial charge in [0.05, 0.1) is 6.54 Å². The van der Waals surface area contributed by atoms with E-state index in [1.54, 1.807) is 0 Å². The molecule has 0 bridgehead atoms. The topological polar surface area (TPSA) is 49.4 Å². The van der Waals surface area contributed by atoms with Crippen LogP contribution in [0, 0.1) is 6.92 Å². The summed E-state index contributed by atoms with van der Waals surface area (Å²) in [5, 5.41) is 2.63. The summed E-state index contributed by atoms with van der Waals surface area (Å²) in [7, 11) is 0. The molecule has 0 saturated carbocycles. The van der Waals surface area contributed by atoms with Crippen LogP contribution in [0.4, 0.5) is 4.39 Å². The fraction of sp³-hybridized carbons (Fsp3) is 0.412. The van der Waals surface area contributed by atoms with Crippen molar-refractivity contribution in [2.45, 2.75) is 25.4 Å². The Hall–Kier alpha value is -2.17. The Morgan fingerprint density at radius 1 is 1.50 bits per heavy atom. The summed E-state index contributed by atoms with van der Waals surface area (Å²) in [5.74, 6) is -0.980. The van der Waals surface area contributed by atoms with Crippen molar-refractivity contribution in [2.24, 2.45) is 0 Å². The van der Waals surface area contributed by atoms with Crippen molar-refractivity contribution in [3.63, 3.8) is 0 Å². The summed E-state index contributed by atoms with van der Waals surface area (Å²) < 4.78 is 14.6. The van der Waals surface area contributed by atoms with E-state index in [1.807, 2.05) is 31.2 Å². The number of nitrogens with zero attached hydrogens (tertiary/aromatic N) is 1. The Kier molecular flexibility index (Phi) is 4.96. The second kappa shape index (κ2) is 6.73. The maximum absolute atomic E-state index is 14.6. The number of nitrogens with one attached hydrogen (secondary N) is 1. The number of alkyl halides is 1. The molecule has 0 spiro atoms. The van der Waals surface area contributed by atoms with Gasteiger partial charge < -0.3 is 10.2 Å². The molecule has 0 aromatic heterocycles. The lowest BCUT2D eigenvalue weighted by Crippen LogP contribution is -2.46. The second-order valence-electron chi connectivity index (χ2n) is 5.67. The van der Waals surface area contributed by atoms with Gasteiger partial charge in [-0.1, -0.05) is 36.4 Å². The highest BCUT2D eigenvalue weighted by Crippen LogP contribution is 2.26. The Morgan fingerprint density at radius 3 is 2.95 bits per heavy atom. The predicted octanol–water partition coefficient (Wildman–Crippen LogP) is 1.78. The van der Waals surface area contributed by atoms with E-state index >= 15 is 0 Å². The third kappa shape index (κ3) is 3.72. The molecule has 1 aliphatic heterocycles. The zero-order valence-corrected chi connectivity index (χ0v) is 12.8. The maximum Gasteiger partial charge on any atom is 0.259 e. The normalized spacial score (nSPS) is 20.7. The number of hydrogen-bond donors (Lipinski definition) is 1. The van der Waals surface area contributed by atoms with Gasteiger partial charge in [0, 0.05) is 19.5 Å². The quantitative estimate of drug-likeness (QED) is 0.843. The van der Waals surface area contributed by atoms with E-state index in [1.165, 1.54) is 4.90 Å². The largest absolute Gasteiger partial charge is 0.353 e. The number of aryl methyl sites for hydroxylation is 1. The SMILES string of the molecule is C=CC(=O)N1CCC(F)(C(=O)NCCc2cccc(C)c2)C1. The van der Waals surface area contributed by atoms with Crippen LogP contribution < -0.4 is 5.32 Å². The summed E-state index contributed by atoms with van der Waals surface area (Å²) >= 11 is 0. The highest BCUT2D eigenvalue weighted by molar-refractivity contribution is 5.90. The van der Waals surface area contributed by atoms with E-state index in [0.29, 0.717) is 13.0 Å². The third-order valence-corrected chi connectivity index (χ3v) is 3.89. The molecule has 22 heavy (non-hydrogen) atoms. The van der Waals surface area contributed by atoms with Crippen molar-refractivity contribution in [3.8, 4) is 0 Å². The minimum Gasteiger partial charge on any atom is -0.353 e. The zero-order chi connectivity index (χ0) is 16.2. The van der Waals surface area contributed by atoms with E-state index in [0.717, 1.165) is 17.2 Å². The zero-order valence-electron chi connectivity index (χ0n) is 12.8. The summed E-state index contributed by atoms with van der Waals surface area (Å²) in [6, 6.07) is 7.98. The van der Waals surface area contributed by atoms with Crippen LogP contribution in [0.15, 0.2) is 36.9 Å². The Bertz CT molecular complexity index is 588. The van der Waals surface area contributed by atoms with Crippen molar-refractivity contribution < 1.29 is 14.0 Å². The van der Waals surface area contributed by atoms with Crippen LogP contribution in [0.1, 0.15) is 17.5 Å². The molecular weight excluding hydrogens is 283 g/mol. The van der Waals surface area contributed by atoms with Crippen molar-refractivity contribution in [1.29, 1.82) is 0 Å². The van der Waals surface area contributed by atoms with Gasteiger partial charge in [-0.15, -0.1) is 0 Å². The summed E-state index contributed by atoms with van der Waals surface area (Å²) in [4.78, 5) is 24.8. The number of carbonyl (C=O) groups is 2. The number of hydrogen-bond acceptors (Lipinski definition) is 2. The Labute approximate surface area is 130 Å². The molecule has 1 heterocycles. The van der Waals surface area contributed by atoms with Crippen LogP contribution in [0.2, 0.25) is 0 Å². The van der Waals surface area contributed by atoms with Crippen molar-refractivity contribution in [2.75, 3.05) is 19.6 Å². The standard InChI is InChI=1S/C17H21FN2O2/c1-3-15(21)20-10-8-17(18,12-20)16(22)19-9-7-14-6-4-5-13(2)11-14/h3-6,11H,1,7-10,12H2,2H3,(H,19,22).